The van der Waals surface area contributed by atoms with Crippen LogP contribution in [-0.2, 0) is 14.6 Å². The second kappa shape index (κ2) is 11.2. The van der Waals surface area contributed by atoms with E-state index in [9.17, 15) is 18.0 Å². The molecule has 2 rings (SSSR count). The Labute approximate surface area is 178 Å². The van der Waals surface area contributed by atoms with E-state index in [1.54, 1.807) is 25.1 Å². The molecule has 2 amide bonds. The Hall–Kier alpha value is -2.29. The van der Waals surface area contributed by atoms with Gasteiger partial charge in [-0.2, -0.15) is 0 Å². The van der Waals surface area contributed by atoms with Crippen LogP contribution in [0.1, 0.15) is 49.9 Å². The first-order chi connectivity index (χ1) is 14.3. The van der Waals surface area contributed by atoms with E-state index in [4.69, 9.17) is 9.47 Å². The molecule has 0 aliphatic carbocycles. The van der Waals surface area contributed by atoms with Crippen molar-refractivity contribution in [2.45, 2.75) is 45.6 Å². The second-order valence-electron chi connectivity index (χ2n) is 7.45. The summed E-state index contributed by atoms with van der Waals surface area (Å²) in [4.78, 5) is 26.6. The zero-order valence-corrected chi connectivity index (χ0v) is 18.8. The van der Waals surface area contributed by atoms with Crippen molar-refractivity contribution in [1.82, 2.24) is 10.2 Å². The SMILES string of the molecule is CCCCCCOc1ccc(C(=O)NC(C)C(=O)N2CCS(=O)(=O)CC2)cc1OC. The van der Waals surface area contributed by atoms with Gasteiger partial charge in [-0.1, -0.05) is 26.2 Å². The fourth-order valence-corrected chi connectivity index (χ4v) is 4.39. The predicted molar refractivity (Wildman–Crippen MR) is 115 cm³/mol. The third-order valence-corrected chi connectivity index (χ3v) is 6.66. The van der Waals surface area contributed by atoms with Gasteiger partial charge in [0, 0.05) is 18.7 Å². The van der Waals surface area contributed by atoms with Gasteiger partial charge in [-0.25, -0.2) is 8.42 Å². The molecule has 0 spiro atoms. The second-order valence-corrected chi connectivity index (χ2v) is 9.75. The van der Waals surface area contributed by atoms with Crippen molar-refractivity contribution in [3.05, 3.63) is 23.8 Å². The summed E-state index contributed by atoms with van der Waals surface area (Å²) in [6.07, 6.45) is 4.39. The lowest BCUT2D eigenvalue weighted by Gasteiger charge is -2.29. The summed E-state index contributed by atoms with van der Waals surface area (Å²) in [5.74, 6) is 0.237. The molecule has 1 N–H and O–H groups in total. The standard InChI is InChI=1S/C21H32N2O6S/c1-4-5-6-7-12-29-18-9-8-17(15-19(18)28-3)20(24)22-16(2)21(25)23-10-13-30(26,27)14-11-23/h8-9,15-16H,4-7,10-14H2,1-3H3,(H,22,24). The van der Waals surface area contributed by atoms with E-state index < -0.39 is 21.8 Å². The molecule has 30 heavy (non-hydrogen) atoms. The fraction of sp³-hybridized carbons (Fsp3) is 0.619. The van der Waals surface area contributed by atoms with Gasteiger partial charge < -0.3 is 19.7 Å². The maximum atomic E-state index is 12.6. The van der Waals surface area contributed by atoms with Crippen LogP contribution >= 0.6 is 0 Å². The zero-order valence-electron chi connectivity index (χ0n) is 18.0. The normalized spacial score (nSPS) is 16.6. The van der Waals surface area contributed by atoms with Crippen LogP contribution < -0.4 is 14.8 Å². The molecule has 1 atom stereocenters. The van der Waals surface area contributed by atoms with Crippen molar-refractivity contribution in [2.24, 2.45) is 0 Å². The Morgan fingerprint density at radius 3 is 2.47 bits per heavy atom. The maximum absolute atomic E-state index is 12.6. The highest BCUT2D eigenvalue weighted by Gasteiger charge is 2.28. The third kappa shape index (κ3) is 6.90. The van der Waals surface area contributed by atoms with Crippen LogP contribution in [0.3, 0.4) is 0 Å². The van der Waals surface area contributed by atoms with Crippen molar-refractivity contribution in [3.63, 3.8) is 0 Å². The van der Waals surface area contributed by atoms with E-state index in [-0.39, 0.29) is 30.5 Å². The summed E-state index contributed by atoms with van der Waals surface area (Å²) in [7, 11) is -1.56. The van der Waals surface area contributed by atoms with Crippen molar-refractivity contribution in [3.8, 4) is 11.5 Å². The molecular formula is C21H32N2O6S. The number of amides is 2. The first-order valence-corrected chi connectivity index (χ1v) is 12.2. The molecule has 0 saturated carbocycles. The van der Waals surface area contributed by atoms with Gasteiger partial charge in [0.1, 0.15) is 6.04 Å². The number of methoxy groups -OCH3 is 1. The Morgan fingerprint density at radius 1 is 1.13 bits per heavy atom. The van der Waals surface area contributed by atoms with Crippen molar-refractivity contribution < 1.29 is 27.5 Å². The van der Waals surface area contributed by atoms with Crippen molar-refractivity contribution in [1.29, 1.82) is 0 Å². The van der Waals surface area contributed by atoms with E-state index in [1.807, 2.05) is 0 Å². The highest BCUT2D eigenvalue weighted by molar-refractivity contribution is 7.91. The molecule has 1 unspecified atom stereocenters. The van der Waals surface area contributed by atoms with Gasteiger partial charge in [-0.3, -0.25) is 9.59 Å². The zero-order chi connectivity index (χ0) is 22.1. The van der Waals surface area contributed by atoms with Crippen LogP contribution in [0.2, 0.25) is 0 Å². The number of unbranched alkanes of at least 4 members (excludes halogenated alkanes) is 3. The predicted octanol–water partition coefficient (Wildman–Crippen LogP) is 2.03. The van der Waals surface area contributed by atoms with E-state index in [0.717, 1.165) is 19.3 Å². The van der Waals surface area contributed by atoms with Gasteiger partial charge in [0.05, 0.1) is 25.2 Å². The number of rotatable bonds is 10. The topological polar surface area (TPSA) is 102 Å². The Morgan fingerprint density at radius 2 is 1.83 bits per heavy atom. The van der Waals surface area contributed by atoms with E-state index in [2.05, 4.69) is 12.2 Å². The number of carbonyl (C=O) groups is 2. The van der Waals surface area contributed by atoms with Gasteiger partial charge in [0.25, 0.3) is 5.91 Å². The summed E-state index contributed by atoms with van der Waals surface area (Å²) < 4.78 is 34.1. The van der Waals surface area contributed by atoms with Crippen LogP contribution in [-0.4, -0.2) is 69.5 Å². The Kier molecular flexibility index (Phi) is 8.95. The molecule has 8 nitrogen and oxygen atoms in total. The highest BCUT2D eigenvalue weighted by Crippen LogP contribution is 2.28. The average Bonchev–Trinajstić information content (AvgIpc) is 2.73. The maximum Gasteiger partial charge on any atom is 0.252 e. The molecule has 1 aromatic carbocycles. The number of hydrogen-bond donors (Lipinski definition) is 1. The molecule has 1 aliphatic rings. The van der Waals surface area contributed by atoms with Gasteiger partial charge in [-0.15, -0.1) is 0 Å². The number of ether oxygens (including phenoxy) is 2. The Balaban J connectivity index is 1.93. The first-order valence-electron chi connectivity index (χ1n) is 10.4. The molecule has 9 heteroatoms. The number of nitrogens with zero attached hydrogens (tertiary/aromatic N) is 1. The van der Waals surface area contributed by atoms with Gasteiger partial charge >= 0.3 is 0 Å². The molecule has 1 fully saturated rings. The van der Waals surface area contributed by atoms with Crippen molar-refractivity contribution in [2.75, 3.05) is 38.3 Å². The number of carbonyl (C=O) groups excluding carboxylic acids is 2. The van der Waals surface area contributed by atoms with Crippen LogP contribution in [0.15, 0.2) is 18.2 Å². The third-order valence-electron chi connectivity index (χ3n) is 5.06. The number of sulfone groups is 1. The van der Waals surface area contributed by atoms with Crippen LogP contribution in [0.25, 0.3) is 0 Å². The monoisotopic (exact) mass is 440 g/mol. The molecule has 0 bridgehead atoms. The largest absolute Gasteiger partial charge is 0.493 e. The summed E-state index contributed by atoms with van der Waals surface area (Å²) >= 11 is 0. The smallest absolute Gasteiger partial charge is 0.252 e. The molecule has 1 heterocycles. The van der Waals surface area contributed by atoms with E-state index in [1.165, 1.54) is 18.4 Å². The fourth-order valence-electron chi connectivity index (χ4n) is 3.19. The average molecular weight is 441 g/mol. The molecule has 0 aromatic heterocycles. The van der Waals surface area contributed by atoms with Gasteiger partial charge in [-0.05, 0) is 31.5 Å². The van der Waals surface area contributed by atoms with Crippen molar-refractivity contribution >= 4 is 21.7 Å². The summed E-state index contributed by atoms with van der Waals surface area (Å²) in [6, 6.07) is 4.14. The lowest BCUT2D eigenvalue weighted by Crippen LogP contribution is -2.51. The lowest BCUT2D eigenvalue weighted by atomic mass is 10.1. The lowest BCUT2D eigenvalue weighted by molar-refractivity contribution is -0.132. The van der Waals surface area contributed by atoms with Gasteiger partial charge in [0.15, 0.2) is 21.3 Å². The van der Waals surface area contributed by atoms with Crippen LogP contribution in [0.4, 0.5) is 0 Å². The van der Waals surface area contributed by atoms with Crippen LogP contribution in [0.5, 0.6) is 11.5 Å². The highest BCUT2D eigenvalue weighted by atomic mass is 32.2. The minimum atomic E-state index is -3.07. The Bertz CT molecular complexity index is 826. The molecule has 1 aliphatic heterocycles. The van der Waals surface area contributed by atoms with E-state index in [0.29, 0.717) is 23.7 Å². The minimum absolute atomic E-state index is 0.0451. The molecule has 0 radical (unpaired) electrons. The molecule has 168 valence electrons. The number of nitrogens with one attached hydrogen (secondary N) is 1. The van der Waals surface area contributed by atoms with Crippen LogP contribution in [0, 0.1) is 0 Å². The summed E-state index contributed by atoms with van der Waals surface area (Å²) in [5, 5.41) is 2.68. The summed E-state index contributed by atoms with van der Waals surface area (Å²) in [6.45, 7) is 4.63. The number of benzene rings is 1. The van der Waals surface area contributed by atoms with Gasteiger partial charge in [0.2, 0.25) is 5.91 Å². The minimum Gasteiger partial charge on any atom is -0.493 e. The number of hydrogen-bond acceptors (Lipinski definition) is 6. The molecular weight excluding hydrogens is 408 g/mol. The quantitative estimate of drug-likeness (QED) is 0.559. The molecule has 1 aromatic rings. The summed E-state index contributed by atoms with van der Waals surface area (Å²) in [5.41, 5.74) is 0.353. The van der Waals surface area contributed by atoms with E-state index >= 15 is 0 Å². The first kappa shape index (κ1) is 24.0. The molecule has 1 saturated heterocycles.